The summed E-state index contributed by atoms with van der Waals surface area (Å²) in [5, 5.41) is 2.83. The number of nitrogens with one attached hydrogen (secondary N) is 1. The molecular weight excluding hydrogens is 264 g/mol. The molecule has 102 valence electrons. The average Bonchev–Trinajstić information content (AvgIpc) is 2.37. The van der Waals surface area contributed by atoms with Crippen molar-refractivity contribution in [2.24, 2.45) is 5.73 Å². The van der Waals surface area contributed by atoms with E-state index in [0.717, 1.165) is 0 Å². The number of amides is 1. The van der Waals surface area contributed by atoms with Crippen LogP contribution in [-0.4, -0.2) is 30.2 Å². The lowest BCUT2D eigenvalue weighted by Gasteiger charge is -2.19. The minimum Gasteiger partial charge on any atom is -0.486 e. The first-order chi connectivity index (χ1) is 9.06. The third kappa shape index (κ3) is 3.57. The van der Waals surface area contributed by atoms with E-state index in [-0.39, 0.29) is 11.9 Å². The summed E-state index contributed by atoms with van der Waals surface area (Å²) in [5.74, 6) is 1.08. The first-order valence-corrected chi connectivity index (χ1v) is 6.46. The summed E-state index contributed by atoms with van der Waals surface area (Å²) in [4.78, 5) is 12.4. The second kappa shape index (κ2) is 5.88. The van der Waals surface area contributed by atoms with E-state index in [1.807, 2.05) is 6.92 Å². The van der Waals surface area contributed by atoms with E-state index in [1.165, 1.54) is 0 Å². The minimum atomic E-state index is -0.180. The van der Waals surface area contributed by atoms with E-state index < -0.39 is 0 Å². The molecule has 0 saturated heterocycles. The molecule has 1 heterocycles. The summed E-state index contributed by atoms with van der Waals surface area (Å²) in [7, 11) is 0. The number of carbonyl (C=O) groups is 1. The molecule has 6 heteroatoms. The van der Waals surface area contributed by atoms with Gasteiger partial charge in [-0.1, -0.05) is 12.2 Å². The number of ether oxygens (including phenoxy) is 2. The minimum absolute atomic E-state index is 0.0989. The standard InChI is InChI=1S/C13H16N2O3S/c1-8(6-12(14)19)15-13(16)9-2-3-10-11(7-9)18-5-4-17-10/h2-3,7-8H,4-6H2,1H3,(H2,14,19)(H,15,16). The summed E-state index contributed by atoms with van der Waals surface area (Å²) >= 11 is 4.81. The lowest BCUT2D eigenvalue weighted by atomic mass is 10.1. The van der Waals surface area contributed by atoms with Crippen molar-refractivity contribution in [3.8, 4) is 11.5 Å². The maximum Gasteiger partial charge on any atom is 0.251 e. The fraction of sp³-hybridized carbons (Fsp3) is 0.385. The second-order valence-corrected chi connectivity index (χ2v) is 4.93. The zero-order chi connectivity index (χ0) is 13.8. The Hall–Kier alpha value is -1.82. The van der Waals surface area contributed by atoms with Crippen molar-refractivity contribution < 1.29 is 14.3 Å². The van der Waals surface area contributed by atoms with Gasteiger partial charge in [-0.25, -0.2) is 0 Å². The molecule has 5 nitrogen and oxygen atoms in total. The highest BCUT2D eigenvalue weighted by Crippen LogP contribution is 2.30. The first kappa shape index (κ1) is 13.6. The fourth-order valence-electron chi connectivity index (χ4n) is 1.84. The monoisotopic (exact) mass is 280 g/mol. The van der Waals surface area contributed by atoms with Crippen LogP contribution >= 0.6 is 12.2 Å². The van der Waals surface area contributed by atoms with Crippen LogP contribution in [0.5, 0.6) is 11.5 Å². The van der Waals surface area contributed by atoms with E-state index in [0.29, 0.717) is 41.7 Å². The molecule has 3 N–H and O–H groups in total. The van der Waals surface area contributed by atoms with E-state index >= 15 is 0 Å². The number of hydrogen-bond donors (Lipinski definition) is 2. The summed E-state index contributed by atoms with van der Waals surface area (Å²) in [6.45, 7) is 2.88. The molecule has 1 amide bonds. The Morgan fingerprint density at radius 1 is 1.42 bits per heavy atom. The van der Waals surface area contributed by atoms with Crippen LogP contribution in [0.2, 0.25) is 0 Å². The second-order valence-electron chi connectivity index (χ2n) is 4.40. The molecule has 0 aromatic heterocycles. The molecule has 1 aromatic carbocycles. The van der Waals surface area contributed by atoms with Gasteiger partial charge in [-0.3, -0.25) is 4.79 Å². The molecule has 0 radical (unpaired) electrons. The number of nitrogens with two attached hydrogens (primary N) is 1. The molecule has 0 spiro atoms. The maximum atomic E-state index is 12.0. The predicted octanol–water partition coefficient (Wildman–Crippen LogP) is 1.25. The van der Waals surface area contributed by atoms with Gasteiger partial charge in [-0.05, 0) is 25.1 Å². The van der Waals surface area contributed by atoms with Crippen LogP contribution in [0.25, 0.3) is 0 Å². The molecule has 19 heavy (non-hydrogen) atoms. The number of rotatable bonds is 4. The van der Waals surface area contributed by atoms with E-state index in [4.69, 9.17) is 27.4 Å². The molecule has 0 fully saturated rings. The van der Waals surface area contributed by atoms with Gasteiger partial charge in [-0.2, -0.15) is 0 Å². The van der Waals surface area contributed by atoms with Crippen molar-refractivity contribution in [1.82, 2.24) is 5.32 Å². The van der Waals surface area contributed by atoms with Gasteiger partial charge in [0.1, 0.15) is 13.2 Å². The molecule has 1 atom stereocenters. The molecule has 1 aliphatic rings. The van der Waals surface area contributed by atoms with Crippen molar-refractivity contribution in [1.29, 1.82) is 0 Å². The average molecular weight is 280 g/mol. The number of thiocarbonyl (C=S) groups is 1. The molecular formula is C13H16N2O3S. The van der Waals surface area contributed by atoms with Crippen LogP contribution in [0.15, 0.2) is 18.2 Å². The van der Waals surface area contributed by atoms with E-state index in [2.05, 4.69) is 5.32 Å². The highest BCUT2D eigenvalue weighted by atomic mass is 32.1. The molecule has 0 aliphatic carbocycles. The highest BCUT2D eigenvalue weighted by Gasteiger charge is 2.16. The SMILES string of the molecule is CC(CC(N)=S)NC(=O)c1ccc2c(c1)OCCO2. The van der Waals surface area contributed by atoms with Crippen LogP contribution in [0, 0.1) is 0 Å². The third-order valence-corrected chi connectivity index (χ3v) is 2.86. The summed E-state index contributed by atoms with van der Waals surface area (Å²) in [6.07, 6.45) is 0.478. The predicted molar refractivity (Wildman–Crippen MR) is 75.8 cm³/mol. The van der Waals surface area contributed by atoms with Gasteiger partial charge < -0.3 is 20.5 Å². The van der Waals surface area contributed by atoms with Crippen molar-refractivity contribution in [3.63, 3.8) is 0 Å². The van der Waals surface area contributed by atoms with Crippen LogP contribution in [0.3, 0.4) is 0 Å². The van der Waals surface area contributed by atoms with Gasteiger partial charge in [-0.15, -0.1) is 0 Å². The Morgan fingerprint density at radius 3 is 2.79 bits per heavy atom. The molecule has 0 bridgehead atoms. The van der Waals surface area contributed by atoms with Crippen molar-refractivity contribution in [2.75, 3.05) is 13.2 Å². The molecule has 2 rings (SSSR count). The first-order valence-electron chi connectivity index (χ1n) is 6.05. The normalized spacial score (nSPS) is 14.6. The fourth-order valence-corrected chi connectivity index (χ4v) is 2.09. The smallest absolute Gasteiger partial charge is 0.251 e. The Balaban J connectivity index is 2.05. The molecule has 1 aromatic rings. The Labute approximate surface area is 117 Å². The quantitative estimate of drug-likeness (QED) is 0.812. The maximum absolute atomic E-state index is 12.0. The van der Waals surface area contributed by atoms with Gasteiger partial charge in [0.05, 0.1) is 4.99 Å². The van der Waals surface area contributed by atoms with E-state index in [1.54, 1.807) is 18.2 Å². The highest BCUT2D eigenvalue weighted by molar-refractivity contribution is 7.80. The Morgan fingerprint density at radius 2 is 2.11 bits per heavy atom. The number of fused-ring (bicyclic) bond motifs is 1. The topological polar surface area (TPSA) is 73.6 Å². The number of hydrogen-bond acceptors (Lipinski definition) is 4. The summed E-state index contributed by atoms with van der Waals surface area (Å²) < 4.78 is 10.8. The number of carbonyl (C=O) groups excluding carboxylic acids is 1. The molecule has 0 saturated carbocycles. The van der Waals surface area contributed by atoms with E-state index in [9.17, 15) is 4.79 Å². The lowest BCUT2D eigenvalue weighted by molar-refractivity contribution is 0.0940. The zero-order valence-corrected chi connectivity index (χ0v) is 11.5. The van der Waals surface area contributed by atoms with Gasteiger partial charge in [0.2, 0.25) is 0 Å². The lowest BCUT2D eigenvalue weighted by Crippen LogP contribution is -2.35. The molecule has 1 unspecified atom stereocenters. The largest absolute Gasteiger partial charge is 0.486 e. The third-order valence-electron chi connectivity index (χ3n) is 2.69. The van der Waals surface area contributed by atoms with Crippen molar-refractivity contribution in [3.05, 3.63) is 23.8 Å². The van der Waals surface area contributed by atoms with Gasteiger partial charge in [0.15, 0.2) is 11.5 Å². The zero-order valence-electron chi connectivity index (χ0n) is 10.6. The van der Waals surface area contributed by atoms with Gasteiger partial charge >= 0.3 is 0 Å². The van der Waals surface area contributed by atoms with Crippen LogP contribution in [0.4, 0.5) is 0 Å². The van der Waals surface area contributed by atoms with Gasteiger partial charge in [0, 0.05) is 18.0 Å². The van der Waals surface area contributed by atoms with Crippen molar-refractivity contribution >= 4 is 23.1 Å². The molecule has 1 aliphatic heterocycles. The van der Waals surface area contributed by atoms with Crippen LogP contribution in [0.1, 0.15) is 23.7 Å². The summed E-state index contributed by atoms with van der Waals surface area (Å²) in [5.41, 5.74) is 5.97. The van der Waals surface area contributed by atoms with Crippen LogP contribution in [-0.2, 0) is 0 Å². The van der Waals surface area contributed by atoms with Crippen molar-refractivity contribution in [2.45, 2.75) is 19.4 Å². The number of benzene rings is 1. The van der Waals surface area contributed by atoms with Crippen LogP contribution < -0.4 is 20.5 Å². The Kier molecular flexibility index (Phi) is 4.21. The summed E-state index contributed by atoms with van der Waals surface area (Å²) in [6, 6.07) is 5.02. The van der Waals surface area contributed by atoms with Gasteiger partial charge in [0.25, 0.3) is 5.91 Å². The Bertz CT molecular complexity index is 505.